The zero-order valence-corrected chi connectivity index (χ0v) is 15.5. The highest BCUT2D eigenvalue weighted by Crippen LogP contribution is 2.23. The number of nitrogens with zero attached hydrogens (tertiary/aromatic N) is 1. The van der Waals surface area contributed by atoms with Gasteiger partial charge in [-0.1, -0.05) is 12.1 Å². The number of hydrogen-bond acceptors (Lipinski definition) is 4. The molecule has 140 valence electrons. The zero-order chi connectivity index (χ0) is 19.6. The van der Waals surface area contributed by atoms with Gasteiger partial charge in [-0.15, -0.1) is 0 Å². The number of sulfone groups is 1. The molecule has 1 atom stereocenters. The molecule has 27 heavy (non-hydrogen) atoms. The van der Waals surface area contributed by atoms with E-state index >= 15 is 0 Å². The molecule has 8 heteroatoms. The molecule has 0 bridgehead atoms. The van der Waals surface area contributed by atoms with Crippen molar-refractivity contribution in [2.75, 3.05) is 6.26 Å². The first-order valence-corrected chi connectivity index (χ1v) is 10.0. The van der Waals surface area contributed by atoms with Gasteiger partial charge in [-0.05, 0) is 48.9 Å². The molecule has 2 aromatic carbocycles. The lowest BCUT2D eigenvalue weighted by molar-refractivity contribution is 0.0940. The van der Waals surface area contributed by atoms with Crippen molar-refractivity contribution in [1.82, 2.24) is 15.5 Å². The molecule has 3 rings (SSSR count). The minimum atomic E-state index is -3.27. The zero-order valence-electron chi connectivity index (χ0n) is 14.7. The van der Waals surface area contributed by atoms with Crippen molar-refractivity contribution in [1.29, 1.82) is 0 Å². The van der Waals surface area contributed by atoms with Gasteiger partial charge in [0.25, 0.3) is 5.91 Å². The van der Waals surface area contributed by atoms with E-state index in [9.17, 15) is 17.6 Å². The maximum atomic E-state index is 13.1. The number of amides is 1. The Bertz CT molecular complexity index is 1060. The summed E-state index contributed by atoms with van der Waals surface area (Å²) in [5.74, 6) is -0.710. The van der Waals surface area contributed by atoms with Crippen LogP contribution in [0.1, 0.15) is 28.9 Å². The summed E-state index contributed by atoms with van der Waals surface area (Å²) in [5.41, 5.74) is 2.24. The van der Waals surface area contributed by atoms with E-state index in [4.69, 9.17) is 0 Å². The summed E-state index contributed by atoms with van der Waals surface area (Å²) in [7, 11) is -3.27. The molecule has 1 heterocycles. The molecule has 0 fully saturated rings. The molecule has 1 aromatic heterocycles. The van der Waals surface area contributed by atoms with Crippen LogP contribution in [0.4, 0.5) is 4.39 Å². The summed E-state index contributed by atoms with van der Waals surface area (Å²) < 4.78 is 36.2. The predicted octanol–water partition coefficient (Wildman–Crippen LogP) is 3.11. The van der Waals surface area contributed by atoms with E-state index in [0.717, 1.165) is 11.8 Å². The number of carbonyl (C=O) groups is 1. The Kier molecular flexibility index (Phi) is 5.09. The molecule has 0 radical (unpaired) electrons. The fraction of sp³-hybridized carbons (Fsp3) is 0.158. The minimum Gasteiger partial charge on any atom is -0.345 e. The molecule has 0 aliphatic heterocycles. The van der Waals surface area contributed by atoms with E-state index in [0.29, 0.717) is 16.8 Å². The van der Waals surface area contributed by atoms with Gasteiger partial charge in [-0.25, -0.2) is 12.8 Å². The van der Waals surface area contributed by atoms with Crippen molar-refractivity contribution in [2.24, 2.45) is 0 Å². The highest BCUT2D eigenvalue weighted by atomic mass is 32.2. The number of rotatable bonds is 5. The first-order valence-electron chi connectivity index (χ1n) is 8.16. The van der Waals surface area contributed by atoms with Gasteiger partial charge in [0.05, 0.1) is 28.4 Å². The Balaban J connectivity index is 1.78. The molecule has 2 N–H and O–H groups in total. The van der Waals surface area contributed by atoms with Crippen LogP contribution in [0.25, 0.3) is 11.3 Å². The van der Waals surface area contributed by atoms with Crippen LogP contribution in [0.3, 0.4) is 0 Å². The standard InChI is InChI=1S/C19H18FN3O3S/c1-12(13-5-9-16(10-6-13)27(2,25)26)22-19(24)17-11-21-23-18(17)14-3-7-15(20)8-4-14/h3-12H,1-2H3,(H,21,23)(H,22,24)/t12-/m1/s1. The van der Waals surface area contributed by atoms with E-state index in [1.165, 1.54) is 30.5 Å². The van der Waals surface area contributed by atoms with E-state index in [-0.39, 0.29) is 22.7 Å². The average Bonchev–Trinajstić information content (AvgIpc) is 3.11. The number of halogens is 1. The molecule has 0 aliphatic carbocycles. The van der Waals surface area contributed by atoms with Gasteiger partial charge >= 0.3 is 0 Å². The molecule has 0 spiro atoms. The highest BCUT2D eigenvalue weighted by Gasteiger charge is 2.18. The van der Waals surface area contributed by atoms with E-state index < -0.39 is 9.84 Å². The second kappa shape index (κ2) is 7.32. The van der Waals surface area contributed by atoms with Crippen LogP contribution in [0.5, 0.6) is 0 Å². The topological polar surface area (TPSA) is 91.9 Å². The molecule has 6 nitrogen and oxygen atoms in total. The quantitative estimate of drug-likeness (QED) is 0.704. The maximum absolute atomic E-state index is 13.1. The Labute approximate surface area is 156 Å². The van der Waals surface area contributed by atoms with Gasteiger partial charge in [0.15, 0.2) is 9.84 Å². The van der Waals surface area contributed by atoms with Crippen LogP contribution in [-0.4, -0.2) is 30.8 Å². The minimum absolute atomic E-state index is 0.221. The lowest BCUT2D eigenvalue weighted by Gasteiger charge is -2.15. The van der Waals surface area contributed by atoms with Gasteiger partial charge in [-0.3, -0.25) is 9.89 Å². The highest BCUT2D eigenvalue weighted by molar-refractivity contribution is 7.90. The van der Waals surface area contributed by atoms with Gasteiger partial charge < -0.3 is 5.32 Å². The van der Waals surface area contributed by atoms with Crippen molar-refractivity contribution < 1.29 is 17.6 Å². The van der Waals surface area contributed by atoms with E-state index in [2.05, 4.69) is 15.5 Å². The Morgan fingerprint density at radius 2 is 1.74 bits per heavy atom. The molecule has 1 amide bonds. The number of carbonyl (C=O) groups excluding carboxylic acids is 1. The number of H-pyrrole nitrogens is 1. The maximum Gasteiger partial charge on any atom is 0.255 e. The first-order chi connectivity index (χ1) is 12.8. The van der Waals surface area contributed by atoms with E-state index in [1.54, 1.807) is 31.2 Å². The number of benzene rings is 2. The third-order valence-corrected chi connectivity index (χ3v) is 5.30. The third-order valence-electron chi connectivity index (χ3n) is 4.17. The SMILES string of the molecule is C[C@@H](NC(=O)c1cn[nH]c1-c1ccc(F)cc1)c1ccc(S(C)(=O)=O)cc1. The monoisotopic (exact) mass is 387 g/mol. The number of aromatic amines is 1. The summed E-state index contributed by atoms with van der Waals surface area (Å²) in [6, 6.07) is 11.7. The molecular formula is C19H18FN3O3S. The van der Waals surface area contributed by atoms with Crippen molar-refractivity contribution in [3.8, 4) is 11.3 Å². The normalized spacial score (nSPS) is 12.6. The fourth-order valence-corrected chi connectivity index (χ4v) is 3.29. The summed E-state index contributed by atoms with van der Waals surface area (Å²) in [4.78, 5) is 12.9. The Morgan fingerprint density at radius 1 is 1.11 bits per heavy atom. The molecule has 0 aliphatic rings. The van der Waals surface area contributed by atoms with Gasteiger partial charge in [-0.2, -0.15) is 5.10 Å². The van der Waals surface area contributed by atoms with Crippen molar-refractivity contribution >= 4 is 15.7 Å². The van der Waals surface area contributed by atoms with Crippen LogP contribution in [-0.2, 0) is 9.84 Å². The van der Waals surface area contributed by atoms with Gasteiger partial charge in [0.1, 0.15) is 5.82 Å². The lowest BCUT2D eigenvalue weighted by Crippen LogP contribution is -2.26. The van der Waals surface area contributed by atoms with Crippen molar-refractivity contribution in [3.05, 3.63) is 71.7 Å². The molecule has 0 saturated heterocycles. The number of hydrogen-bond donors (Lipinski definition) is 2. The van der Waals surface area contributed by atoms with Crippen molar-refractivity contribution in [3.63, 3.8) is 0 Å². The summed E-state index contributed by atoms with van der Waals surface area (Å²) >= 11 is 0. The summed E-state index contributed by atoms with van der Waals surface area (Å²) in [6.45, 7) is 1.80. The molecular weight excluding hydrogens is 369 g/mol. The molecule has 0 saturated carbocycles. The fourth-order valence-electron chi connectivity index (χ4n) is 2.66. The second-order valence-corrected chi connectivity index (χ2v) is 8.22. The number of aromatic nitrogens is 2. The number of nitrogens with one attached hydrogen (secondary N) is 2. The first kappa shape index (κ1) is 18.8. The predicted molar refractivity (Wildman–Crippen MR) is 99.4 cm³/mol. The molecule has 0 unspecified atom stereocenters. The van der Waals surface area contributed by atoms with Crippen molar-refractivity contribution in [2.45, 2.75) is 17.9 Å². The third kappa shape index (κ3) is 4.22. The largest absolute Gasteiger partial charge is 0.345 e. The smallest absolute Gasteiger partial charge is 0.255 e. The van der Waals surface area contributed by atoms with Crippen LogP contribution in [0, 0.1) is 5.82 Å². The van der Waals surface area contributed by atoms with Gasteiger partial charge in [0.2, 0.25) is 0 Å². The van der Waals surface area contributed by atoms with Gasteiger partial charge in [0, 0.05) is 11.8 Å². The Morgan fingerprint density at radius 3 is 2.33 bits per heavy atom. The average molecular weight is 387 g/mol. The second-order valence-electron chi connectivity index (χ2n) is 6.20. The summed E-state index contributed by atoms with van der Waals surface area (Å²) in [6.07, 6.45) is 2.55. The lowest BCUT2D eigenvalue weighted by atomic mass is 10.1. The molecule has 3 aromatic rings. The Hall–Kier alpha value is -3.00. The van der Waals surface area contributed by atoms with Crippen LogP contribution < -0.4 is 5.32 Å². The van der Waals surface area contributed by atoms with Crippen LogP contribution >= 0.6 is 0 Å². The summed E-state index contributed by atoms with van der Waals surface area (Å²) in [5, 5.41) is 9.53. The van der Waals surface area contributed by atoms with Crippen LogP contribution in [0.2, 0.25) is 0 Å². The van der Waals surface area contributed by atoms with Crippen LogP contribution in [0.15, 0.2) is 59.6 Å². The van der Waals surface area contributed by atoms with E-state index in [1.807, 2.05) is 0 Å².